The molecule has 3 heteroatoms. The number of benzene rings is 1. The van der Waals surface area contributed by atoms with Crippen LogP contribution in [0, 0.1) is 11.7 Å². The van der Waals surface area contributed by atoms with Gasteiger partial charge in [0.05, 0.1) is 5.60 Å². The van der Waals surface area contributed by atoms with Crippen LogP contribution < -0.4 is 5.32 Å². The number of aliphatic hydroxyl groups is 1. The highest BCUT2D eigenvalue weighted by molar-refractivity contribution is 5.22. The van der Waals surface area contributed by atoms with E-state index in [2.05, 4.69) is 5.32 Å². The van der Waals surface area contributed by atoms with Gasteiger partial charge in [0, 0.05) is 0 Å². The van der Waals surface area contributed by atoms with Crippen LogP contribution in [0.3, 0.4) is 0 Å². The Labute approximate surface area is 108 Å². The molecule has 2 rings (SSSR count). The number of hydrogen-bond acceptors (Lipinski definition) is 2. The third kappa shape index (κ3) is 3.53. The summed E-state index contributed by atoms with van der Waals surface area (Å²) >= 11 is 0. The lowest BCUT2D eigenvalue weighted by Gasteiger charge is -2.28. The van der Waals surface area contributed by atoms with Crippen molar-refractivity contribution in [1.29, 1.82) is 0 Å². The van der Waals surface area contributed by atoms with Gasteiger partial charge in [-0.05, 0) is 69.3 Å². The van der Waals surface area contributed by atoms with Crippen LogP contribution in [0.5, 0.6) is 0 Å². The van der Waals surface area contributed by atoms with Crippen molar-refractivity contribution in [2.24, 2.45) is 5.92 Å². The molecule has 2 N–H and O–H groups in total. The lowest BCUT2D eigenvalue weighted by Crippen LogP contribution is -2.29. The van der Waals surface area contributed by atoms with Crippen LogP contribution in [0.4, 0.5) is 4.39 Å². The molecule has 1 aromatic carbocycles. The first kappa shape index (κ1) is 13.5. The Kier molecular flexibility index (Phi) is 4.36. The van der Waals surface area contributed by atoms with Crippen LogP contribution in [-0.4, -0.2) is 18.2 Å². The average Bonchev–Trinajstić information content (AvgIpc) is 2.38. The Bertz CT molecular complexity index is 369. The topological polar surface area (TPSA) is 32.3 Å². The van der Waals surface area contributed by atoms with Crippen LogP contribution in [-0.2, 0) is 5.60 Å². The SMILES string of the molecule is C[C@@](O)(CCC1CCNCC1)c1ccc(F)cc1. The fourth-order valence-corrected chi connectivity index (χ4v) is 2.61. The molecule has 0 saturated carbocycles. The van der Waals surface area contributed by atoms with Crippen LogP contribution >= 0.6 is 0 Å². The maximum absolute atomic E-state index is 12.9. The molecule has 1 aliphatic rings. The Hall–Kier alpha value is -0.930. The van der Waals surface area contributed by atoms with Gasteiger partial charge >= 0.3 is 0 Å². The van der Waals surface area contributed by atoms with Crippen molar-refractivity contribution >= 4 is 0 Å². The molecule has 0 spiro atoms. The van der Waals surface area contributed by atoms with Gasteiger partial charge < -0.3 is 10.4 Å². The number of rotatable bonds is 4. The maximum Gasteiger partial charge on any atom is 0.123 e. The Morgan fingerprint density at radius 1 is 1.28 bits per heavy atom. The van der Waals surface area contributed by atoms with Crippen molar-refractivity contribution in [2.45, 2.75) is 38.2 Å². The van der Waals surface area contributed by atoms with Crippen LogP contribution in [0.25, 0.3) is 0 Å². The van der Waals surface area contributed by atoms with E-state index in [-0.39, 0.29) is 5.82 Å². The number of halogens is 1. The molecule has 18 heavy (non-hydrogen) atoms. The van der Waals surface area contributed by atoms with E-state index in [4.69, 9.17) is 0 Å². The molecule has 0 radical (unpaired) electrons. The fourth-order valence-electron chi connectivity index (χ4n) is 2.61. The summed E-state index contributed by atoms with van der Waals surface area (Å²) in [6.07, 6.45) is 4.16. The zero-order valence-electron chi connectivity index (χ0n) is 11.0. The van der Waals surface area contributed by atoms with E-state index in [9.17, 15) is 9.50 Å². The molecule has 0 aliphatic carbocycles. The molecule has 1 fully saturated rings. The Morgan fingerprint density at radius 2 is 1.89 bits per heavy atom. The monoisotopic (exact) mass is 251 g/mol. The fraction of sp³-hybridized carbons (Fsp3) is 0.600. The van der Waals surface area contributed by atoms with Crippen molar-refractivity contribution < 1.29 is 9.50 Å². The maximum atomic E-state index is 12.9. The molecule has 0 bridgehead atoms. The minimum absolute atomic E-state index is 0.257. The van der Waals surface area contributed by atoms with Gasteiger partial charge in [0.1, 0.15) is 5.82 Å². The van der Waals surface area contributed by atoms with Crippen molar-refractivity contribution in [2.75, 3.05) is 13.1 Å². The molecule has 1 atom stereocenters. The van der Waals surface area contributed by atoms with Crippen molar-refractivity contribution in [1.82, 2.24) is 5.32 Å². The molecule has 0 amide bonds. The van der Waals surface area contributed by atoms with Gasteiger partial charge in [-0.1, -0.05) is 12.1 Å². The first-order valence-electron chi connectivity index (χ1n) is 6.77. The van der Waals surface area contributed by atoms with Gasteiger partial charge in [0.2, 0.25) is 0 Å². The van der Waals surface area contributed by atoms with E-state index in [1.807, 2.05) is 6.92 Å². The van der Waals surface area contributed by atoms with E-state index in [0.29, 0.717) is 5.92 Å². The van der Waals surface area contributed by atoms with Crippen molar-refractivity contribution in [3.63, 3.8) is 0 Å². The van der Waals surface area contributed by atoms with E-state index in [0.717, 1.165) is 31.5 Å². The Morgan fingerprint density at radius 3 is 2.50 bits per heavy atom. The summed E-state index contributed by atoms with van der Waals surface area (Å²) < 4.78 is 12.9. The molecule has 1 aromatic rings. The zero-order chi connectivity index (χ0) is 13.0. The van der Waals surface area contributed by atoms with Crippen molar-refractivity contribution in [3.8, 4) is 0 Å². The molecular weight excluding hydrogens is 229 g/mol. The highest BCUT2D eigenvalue weighted by Gasteiger charge is 2.25. The van der Waals surface area contributed by atoms with E-state index in [1.54, 1.807) is 12.1 Å². The second-order valence-corrected chi connectivity index (χ2v) is 5.51. The molecule has 1 heterocycles. The second-order valence-electron chi connectivity index (χ2n) is 5.51. The smallest absolute Gasteiger partial charge is 0.123 e. The van der Waals surface area contributed by atoms with Gasteiger partial charge in [-0.3, -0.25) is 0 Å². The van der Waals surface area contributed by atoms with E-state index < -0.39 is 5.60 Å². The highest BCUT2D eigenvalue weighted by atomic mass is 19.1. The molecular formula is C15H22FNO. The van der Waals surface area contributed by atoms with E-state index in [1.165, 1.54) is 25.0 Å². The largest absolute Gasteiger partial charge is 0.385 e. The van der Waals surface area contributed by atoms with Crippen LogP contribution in [0.1, 0.15) is 38.2 Å². The molecule has 0 aromatic heterocycles. The lowest BCUT2D eigenvalue weighted by molar-refractivity contribution is 0.0390. The molecule has 100 valence electrons. The average molecular weight is 251 g/mol. The zero-order valence-corrected chi connectivity index (χ0v) is 11.0. The first-order chi connectivity index (χ1) is 8.58. The summed E-state index contributed by atoms with van der Waals surface area (Å²) in [6.45, 7) is 3.99. The normalized spacial score (nSPS) is 20.6. The van der Waals surface area contributed by atoms with Gasteiger partial charge in [-0.15, -0.1) is 0 Å². The summed E-state index contributed by atoms with van der Waals surface area (Å²) in [5, 5.41) is 13.8. The lowest BCUT2D eigenvalue weighted by atomic mass is 9.85. The minimum Gasteiger partial charge on any atom is -0.385 e. The molecule has 2 nitrogen and oxygen atoms in total. The van der Waals surface area contributed by atoms with Crippen LogP contribution in [0.2, 0.25) is 0 Å². The number of piperidine rings is 1. The Balaban J connectivity index is 1.91. The van der Waals surface area contributed by atoms with Gasteiger partial charge in [-0.25, -0.2) is 4.39 Å². The minimum atomic E-state index is -0.849. The standard InChI is InChI=1S/C15H22FNO/c1-15(18,13-2-4-14(16)5-3-13)9-6-12-7-10-17-11-8-12/h2-5,12,17-18H,6-11H2,1H3/t15-/m1/s1. The van der Waals surface area contributed by atoms with Crippen molar-refractivity contribution in [3.05, 3.63) is 35.6 Å². The third-order valence-electron chi connectivity index (χ3n) is 3.96. The van der Waals surface area contributed by atoms with Crippen LogP contribution in [0.15, 0.2) is 24.3 Å². The summed E-state index contributed by atoms with van der Waals surface area (Å²) in [5.41, 5.74) is -0.0451. The summed E-state index contributed by atoms with van der Waals surface area (Å²) in [7, 11) is 0. The van der Waals surface area contributed by atoms with Gasteiger partial charge in [0.25, 0.3) is 0 Å². The van der Waals surface area contributed by atoms with Gasteiger partial charge in [0.15, 0.2) is 0 Å². The predicted molar refractivity (Wildman–Crippen MR) is 70.8 cm³/mol. The molecule has 0 unspecified atom stereocenters. The number of hydrogen-bond donors (Lipinski definition) is 2. The summed E-state index contributed by atoms with van der Waals surface area (Å²) in [6, 6.07) is 6.18. The van der Waals surface area contributed by atoms with Gasteiger partial charge in [-0.2, -0.15) is 0 Å². The quantitative estimate of drug-likeness (QED) is 0.862. The predicted octanol–water partition coefficient (Wildman–Crippen LogP) is 2.81. The second kappa shape index (κ2) is 5.81. The number of nitrogens with one attached hydrogen (secondary N) is 1. The molecule has 1 aliphatic heterocycles. The highest BCUT2D eigenvalue weighted by Crippen LogP contribution is 2.30. The summed E-state index contributed by atoms with van der Waals surface area (Å²) in [4.78, 5) is 0. The first-order valence-corrected chi connectivity index (χ1v) is 6.77. The molecule has 1 saturated heterocycles. The summed E-state index contributed by atoms with van der Waals surface area (Å²) in [5.74, 6) is 0.450. The third-order valence-corrected chi connectivity index (χ3v) is 3.96. The van der Waals surface area contributed by atoms with E-state index >= 15 is 0 Å².